The van der Waals surface area contributed by atoms with Gasteiger partial charge >= 0.3 is 0 Å². The van der Waals surface area contributed by atoms with Crippen LogP contribution >= 0.6 is 0 Å². The summed E-state index contributed by atoms with van der Waals surface area (Å²) in [4.78, 5) is -3.55. The van der Waals surface area contributed by atoms with Gasteiger partial charge in [0.15, 0.2) is 0 Å². The standard InChI is InChI=1S/C3H7NO7S/c4-12(10,11)3(9)1(5,6)2(3,7)8/h5-9H,(H2,4,10,11). The van der Waals surface area contributed by atoms with Crippen LogP contribution in [0.4, 0.5) is 0 Å². The highest BCUT2D eigenvalue weighted by molar-refractivity contribution is 7.90. The second-order valence-electron chi connectivity index (χ2n) is 2.53. The van der Waals surface area contributed by atoms with E-state index in [1.807, 2.05) is 0 Å². The molecular weight excluding hydrogens is 194 g/mol. The maximum atomic E-state index is 10.4. The van der Waals surface area contributed by atoms with E-state index in [1.165, 1.54) is 0 Å². The maximum absolute atomic E-state index is 10.4. The average Bonchev–Trinajstić information content (AvgIpc) is 2.09. The van der Waals surface area contributed by atoms with Crippen LogP contribution in [-0.2, 0) is 10.0 Å². The lowest BCUT2D eigenvalue weighted by Crippen LogP contribution is -2.40. The Kier molecular flexibility index (Phi) is 1.47. The molecule has 0 aromatic heterocycles. The summed E-state index contributed by atoms with van der Waals surface area (Å²) < 4.78 is 20.9. The summed E-state index contributed by atoms with van der Waals surface area (Å²) in [7, 11) is -4.89. The highest BCUT2D eigenvalue weighted by Gasteiger charge is 2.95. The number of sulfonamides is 1. The number of nitrogens with two attached hydrogens (primary N) is 1. The molecule has 0 bridgehead atoms. The minimum atomic E-state index is -4.89. The Morgan fingerprint density at radius 1 is 0.917 bits per heavy atom. The zero-order valence-electron chi connectivity index (χ0n) is 5.54. The van der Waals surface area contributed by atoms with E-state index in [0.29, 0.717) is 0 Å². The molecule has 12 heavy (non-hydrogen) atoms. The molecule has 72 valence electrons. The Balaban J connectivity index is 3.28. The molecule has 1 saturated carbocycles. The first-order valence-corrected chi connectivity index (χ1v) is 4.19. The Morgan fingerprint density at radius 2 is 1.17 bits per heavy atom. The van der Waals surface area contributed by atoms with Gasteiger partial charge < -0.3 is 25.5 Å². The van der Waals surface area contributed by atoms with Gasteiger partial charge in [-0.15, -0.1) is 0 Å². The van der Waals surface area contributed by atoms with Crippen molar-refractivity contribution in [1.82, 2.24) is 0 Å². The second-order valence-corrected chi connectivity index (χ2v) is 4.21. The molecule has 0 spiro atoms. The molecule has 0 aromatic rings. The summed E-state index contributed by atoms with van der Waals surface area (Å²) >= 11 is 0. The summed E-state index contributed by atoms with van der Waals surface area (Å²) in [6.07, 6.45) is 0. The first-order valence-electron chi connectivity index (χ1n) is 2.64. The van der Waals surface area contributed by atoms with Gasteiger partial charge in [-0.3, -0.25) is 0 Å². The third kappa shape index (κ3) is 0.648. The number of primary sulfonamides is 1. The van der Waals surface area contributed by atoms with Crippen molar-refractivity contribution in [1.29, 1.82) is 0 Å². The molecule has 1 aliphatic carbocycles. The molecule has 8 nitrogen and oxygen atoms in total. The van der Waals surface area contributed by atoms with Crippen LogP contribution in [0.25, 0.3) is 0 Å². The van der Waals surface area contributed by atoms with Gasteiger partial charge in [0.2, 0.25) is 0 Å². The van der Waals surface area contributed by atoms with E-state index in [0.717, 1.165) is 0 Å². The Morgan fingerprint density at radius 3 is 1.17 bits per heavy atom. The zero-order valence-corrected chi connectivity index (χ0v) is 6.35. The molecule has 0 aliphatic heterocycles. The highest BCUT2D eigenvalue weighted by atomic mass is 32.2. The molecule has 1 aliphatic rings. The quantitative estimate of drug-likeness (QED) is 0.232. The summed E-state index contributed by atoms with van der Waals surface area (Å²) in [5.74, 6) is -7.12. The van der Waals surface area contributed by atoms with Crippen molar-refractivity contribution in [2.45, 2.75) is 16.5 Å². The van der Waals surface area contributed by atoms with Gasteiger partial charge in [0.1, 0.15) is 0 Å². The lowest BCUT2D eigenvalue weighted by Gasteiger charge is -2.05. The van der Waals surface area contributed by atoms with Gasteiger partial charge in [-0.2, -0.15) is 0 Å². The first-order chi connectivity index (χ1) is 5.00. The molecule has 1 rings (SSSR count). The lowest BCUT2D eigenvalue weighted by molar-refractivity contribution is -0.207. The molecule has 9 heteroatoms. The third-order valence-electron chi connectivity index (χ3n) is 1.78. The van der Waals surface area contributed by atoms with Gasteiger partial charge in [-0.1, -0.05) is 0 Å². The van der Waals surface area contributed by atoms with E-state index in [1.54, 1.807) is 0 Å². The molecule has 7 N–H and O–H groups in total. The van der Waals surface area contributed by atoms with E-state index < -0.39 is 26.5 Å². The van der Waals surface area contributed by atoms with Crippen molar-refractivity contribution in [3.63, 3.8) is 0 Å². The molecule has 1 fully saturated rings. The topological polar surface area (TPSA) is 161 Å². The predicted molar refractivity (Wildman–Crippen MR) is 32.4 cm³/mol. The Labute approximate surface area is 66.5 Å². The minimum Gasteiger partial charge on any atom is -0.365 e. The monoisotopic (exact) mass is 201 g/mol. The second kappa shape index (κ2) is 1.80. The molecule has 0 aromatic carbocycles. The third-order valence-corrected chi connectivity index (χ3v) is 3.17. The Bertz CT molecular complexity index is 302. The van der Waals surface area contributed by atoms with Gasteiger partial charge in [0, 0.05) is 0 Å². The van der Waals surface area contributed by atoms with Gasteiger partial charge in [0.25, 0.3) is 26.5 Å². The fraction of sp³-hybridized carbons (Fsp3) is 1.00. The van der Waals surface area contributed by atoms with Crippen molar-refractivity contribution in [3.8, 4) is 0 Å². The normalized spacial score (nSPS) is 29.8. The predicted octanol–water partition coefficient (Wildman–Crippen LogP) is -4.66. The molecule has 0 saturated heterocycles. The van der Waals surface area contributed by atoms with Gasteiger partial charge in [-0.25, -0.2) is 13.6 Å². The van der Waals surface area contributed by atoms with Crippen LogP contribution in [0.15, 0.2) is 0 Å². The van der Waals surface area contributed by atoms with Crippen LogP contribution in [0.3, 0.4) is 0 Å². The van der Waals surface area contributed by atoms with E-state index >= 15 is 0 Å². The van der Waals surface area contributed by atoms with Crippen LogP contribution in [0.5, 0.6) is 0 Å². The summed E-state index contributed by atoms with van der Waals surface area (Å²) in [6, 6.07) is 0. The fourth-order valence-electron chi connectivity index (χ4n) is 0.853. The maximum Gasteiger partial charge on any atom is 0.299 e. The van der Waals surface area contributed by atoms with Crippen molar-refractivity contribution in [2.24, 2.45) is 5.14 Å². The summed E-state index contributed by atoms with van der Waals surface area (Å²) in [6.45, 7) is 0. The summed E-state index contributed by atoms with van der Waals surface area (Å²) in [5.41, 5.74) is 0. The van der Waals surface area contributed by atoms with Crippen LogP contribution in [-0.4, -0.2) is 50.5 Å². The van der Waals surface area contributed by atoms with E-state index in [2.05, 4.69) is 5.14 Å². The Hall–Kier alpha value is -0.290. The fourth-order valence-corrected chi connectivity index (χ4v) is 1.88. The first kappa shape index (κ1) is 9.80. The molecule has 0 heterocycles. The van der Waals surface area contributed by atoms with E-state index in [4.69, 9.17) is 25.5 Å². The molecular formula is C3H7NO7S. The highest BCUT2D eigenvalue weighted by Crippen LogP contribution is 2.56. The van der Waals surface area contributed by atoms with Crippen molar-refractivity contribution < 1.29 is 34.0 Å². The lowest BCUT2D eigenvalue weighted by atomic mass is 10.6. The summed E-state index contributed by atoms with van der Waals surface area (Å²) in [5, 5.41) is 47.4. The smallest absolute Gasteiger partial charge is 0.299 e. The van der Waals surface area contributed by atoms with Crippen LogP contribution in [0, 0.1) is 0 Å². The van der Waals surface area contributed by atoms with Crippen LogP contribution in [0.2, 0.25) is 0 Å². The minimum absolute atomic E-state index is 3.55. The van der Waals surface area contributed by atoms with E-state index in [-0.39, 0.29) is 0 Å². The van der Waals surface area contributed by atoms with Crippen LogP contribution in [0.1, 0.15) is 0 Å². The number of rotatable bonds is 1. The molecule has 0 unspecified atom stereocenters. The van der Waals surface area contributed by atoms with Crippen molar-refractivity contribution in [2.75, 3.05) is 0 Å². The number of hydrogen-bond donors (Lipinski definition) is 6. The van der Waals surface area contributed by atoms with Crippen molar-refractivity contribution in [3.05, 3.63) is 0 Å². The number of aliphatic hydroxyl groups is 5. The van der Waals surface area contributed by atoms with Gasteiger partial charge in [-0.05, 0) is 0 Å². The van der Waals surface area contributed by atoms with E-state index in [9.17, 15) is 8.42 Å². The van der Waals surface area contributed by atoms with Crippen LogP contribution < -0.4 is 5.14 Å². The molecule has 0 atom stereocenters. The average molecular weight is 201 g/mol. The largest absolute Gasteiger partial charge is 0.365 e. The SMILES string of the molecule is NS(=O)(=O)C1(O)C(O)(O)C1(O)O. The van der Waals surface area contributed by atoms with Gasteiger partial charge in [0.05, 0.1) is 0 Å². The zero-order chi connectivity index (χ0) is 10.0. The molecule has 0 radical (unpaired) electrons. The molecule has 0 amide bonds. The number of hydrogen-bond acceptors (Lipinski definition) is 7. The van der Waals surface area contributed by atoms with Crippen molar-refractivity contribution >= 4 is 10.0 Å².